The molecule has 3 atom stereocenters. The smallest absolute Gasteiger partial charge is 0.211 e. The van der Waals surface area contributed by atoms with E-state index in [1.54, 1.807) is 12.2 Å². The van der Waals surface area contributed by atoms with E-state index in [0.29, 0.717) is 0 Å². The van der Waals surface area contributed by atoms with Crippen LogP contribution in [0.15, 0.2) is 9.98 Å². The molecule has 1 aliphatic carbocycles. The van der Waals surface area contributed by atoms with Crippen molar-refractivity contribution in [2.24, 2.45) is 21.3 Å². The molecule has 1 aliphatic rings. The normalized spacial score (nSPS) is 33.1. The van der Waals surface area contributed by atoms with Crippen LogP contribution in [0.2, 0.25) is 0 Å². The van der Waals surface area contributed by atoms with Gasteiger partial charge in [-0.25, -0.2) is 19.6 Å². The van der Waals surface area contributed by atoms with Gasteiger partial charge in [-0.15, -0.1) is 0 Å². The van der Waals surface area contributed by atoms with E-state index in [4.69, 9.17) is 0 Å². The highest BCUT2D eigenvalue weighted by Gasteiger charge is 2.39. The lowest BCUT2D eigenvalue weighted by molar-refractivity contribution is 0.218. The lowest BCUT2D eigenvalue weighted by Gasteiger charge is -2.33. The number of nitrogens with zero attached hydrogens (tertiary/aromatic N) is 2. The molecule has 1 fully saturated rings. The zero-order valence-corrected chi connectivity index (χ0v) is 10.1. The maximum absolute atomic E-state index is 10.5. The summed E-state index contributed by atoms with van der Waals surface area (Å²) in [5, 5.41) is 0. The van der Waals surface area contributed by atoms with Crippen LogP contribution in [0.3, 0.4) is 0 Å². The van der Waals surface area contributed by atoms with Crippen LogP contribution in [0.1, 0.15) is 40.0 Å². The van der Waals surface area contributed by atoms with Crippen molar-refractivity contribution < 1.29 is 9.59 Å². The Bertz CT molecular complexity index is 339. The molecule has 0 aliphatic heterocycles. The summed E-state index contributed by atoms with van der Waals surface area (Å²) < 4.78 is 0. The molecule has 1 rings (SSSR count). The molecule has 0 bridgehead atoms. The first-order valence-corrected chi connectivity index (χ1v) is 5.67. The highest BCUT2D eigenvalue weighted by molar-refractivity contribution is 5.35. The summed E-state index contributed by atoms with van der Waals surface area (Å²) in [6.45, 7) is 6.19. The summed E-state index contributed by atoms with van der Waals surface area (Å²) in [6.07, 6.45) is 6.12. The molecule has 0 aromatic heterocycles. The van der Waals surface area contributed by atoms with Crippen molar-refractivity contribution in [3.63, 3.8) is 0 Å². The van der Waals surface area contributed by atoms with Crippen LogP contribution in [-0.2, 0) is 9.59 Å². The van der Waals surface area contributed by atoms with Gasteiger partial charge >= 0.3 is 0 Å². The lowest BCUT2D eigenvalue weighted by Crippen LogP contribution is -2.35. The minimum atomic E-state index is -0.116. The molecule has 1 saturated carbocycles. The fourth-order valence-electron chi connectivity index (χ4n) is 2.70. The number of rotatable bonds is 2. The first-order chi connectivity index (χ1) is 7.53. The molecule has 0 spiro atoms. The molecule has 0 heterocycles. The Kier molecular flexibility index (Phi) is 4.17. The molecule has 0 aromatic rings. The van der Waals surface area contributed by atoms with E-state index in [2.05, 4.69) is 23.8 Å². The summed E-state index contributed by atoms with van der Waals surface area (Å²) in [5.74, 6) is 0.0837. The topological polar surface area (TPSA) is 58.9 Å². The van der Waals surface area contributed by atoms with Crippen LogP contribution >= 0.6 is 0 Å². The predicted octanol–water partition coefficient (Wildman–Crippen LogP) is 2.24. The number of isocyanates is 2. The molecular formula is C12H18N2O2. The zero-order chi connectivity index (χ0) is 12.2. The van der Waals surface area contributed by atoms with Gasteiger partial charge in [0.25, 0.3) is 0 Å². The Morgan fingerprint density at radius 1 is 1.19 bits per heavy atom. The van der Waals surface area contributed by atoms with Gasteiger partial charge in [0.05, 0.1) is 12.1 Å². The maximum Gasteiger partial charge on any atom is 0.235 e. The highest BCUT2D eigenvalue weighted by atomic mass is 16.1. The highest BCUT2D eigenvalue weighted by Crippen LogP contribution is 2.40. The molecule has 0 radical (unpaired) electrons. The Hall–Kier alpha value is -1.24. The van der Waals surface area contributed by atoms with Crippen LogP contribution in [0.4, 0.5) is 0 Å². The fourth-order valence-corrected chi connectivity index (χ4v) is 2.70. The summed E-state index contributed by atoms with van der Waals surface area (Å²) in [4.78, 5) is 28.6. The maximum atomic E-state index is 10.5. The lowest BCUT2D eigenvalue weighted by atomic mass is 9.76. The van der Waals surface area contributed by atoms with E-state index in [1.807, 2.05) is 6.92 Å². The van der Waals surface area contributed by atoms with Crippen molar-refractivity contribution in [3.05, 3.63) is 0 Å². The van der Waals surface area contributed by atoms with Gasteiger partial charge in [0.15, 0.2) is 0 Å². The number of hydrogen-bond acceptors (Lipinski definition) is 4. The Labute approximate surface area is 95.9 Å². The van der Waals surface area contributed by atoms with Crippen molar-refractivity contribution in [1.82, 2.24) is 0 Å². The zero-order valence-electron chi connectivity index (χ0n) is 10.1. The minimum absolute atomic E-state index is 0.0377. The second-order valence-electron chi connectivity index (χ2n) is 5.19. The average molecular weight is 222 g/mol. The number of carbonyl (C=O) groups excluding carboxylic acids is 2. The van der Waals surface area contributed by atoms with Gasteiger partial charge < -0.3 is 0 Å². The number of hydrogen-bond donors (Lipinski definition) is 0. The monoisotopic (exact) mass is 222 g/mol. The molecule has 4 heteroatoms. The predicted molar refractivity (Wildman–Crippen MR) is 60.6 cm³/mol. The molecule has 0 aromatic carbocycles. The van der Waals surface area contributed by atoms with E-state index >= 15 is 0 Å². The van der Waals surface area contributed by atoms with Crippen LogP contribution in [0.5, 0.6) is 0 Å². The van der Waals surface area contributed by atoms with Crippen molar-refractivity contribution in [1.29, 1.82) is 0 Å². The van der Waals surface area contributed by atoms with Gasteiger partial charge in [0, 0.05) is 5.92 Å². The van der Waals surface area contributed by atoms with Crippen LogP contribution in [-0.4, -0.2) is 24.2 Å². The minimum Gasteiger partial charge on any atom is -0.211 e. The van der Waals surface area contributed by atoms with E-state index in [9.17, 15) is 9.59 Å². The summed E-state index contributed by atoms with van der Waals surface area (Å²) in [7, 11) is 0. The summed E-state index contributed by atoms with van der Waals surface area (Å²) in [6, 6.07) is -0.184. The van der Waals surface area contributed by atoms with Crippen LogP contribution < -0.4 is 0 Å². The third kappa shape index (κ3) is 2.66. The van der Waals surface area contributed by atoms with Gasteiger partial charge in [0.2, 0.25) is 12.2 Å². The molecule has 2 unspecified atom stereocenters. The van der Waals surface area contributed by atoms with E-state index < -0.39 is 0 Å². The molecule has 4 nitrogen and oxygen atoms in total. The molecule has 16 heavy (non-hydrogen) atoms. The van der Waals surface area contributed by atoms with E-state index in [0.717, 1.165) is 19.3 Å². The van der Waals surface area contributed by atoms with Crippen LogP contribution in [0.25, 0.3) is 0 Å². The summed E-state index contributed by atoms with van der Waals surface area (Å²) in [5.41, 5.74) is -0.0377. The van der Waals surface area contributed by atoms with Gasteiger partial charge in [-0.2, -0.15) is 0 Å². The van der Waals surface area contributed by atoms with Gasteiger partial charge in [-0.1, -0.05) is 27.2 Å². The number of aliphatic imine (C=N–C) groups is 2. The largest absolute Gasteiger partial charge is 0.235 e. The van der Waals surface area contributed by atoms with Crippen molar-refractivity contribution in [2.45, 2.75) is 52.1 Å². The Balaban J connectivity index is 3.03. The van der Waals surface area contributed by atoms with Gasteiger partial charge in [-0.3, -0.25) is 0 Å². The van der Waals surface area contributed by atoms with Crippen molar-refractivity contribution >= 4 is 12.2 Å². The van der Waals surface area contributed by atoms with E-state index in [-0.39, 0.29) is 23.4 Å². The third-order valence-corrected chi connectivity index (χ3v) is 3.64. The first-order valence-electron chi connectivity index (χ1n) is 5.67. The second kappa shape index (κ2) is 5.20. The van der Waals surface area contributed by atoms with E-state index in [1.165, 1.54) is 0 Å². The van der Waals surface area contributed by atoms with Gasteiger partial charge in [0.1, 0.15) is 0 Å². The molecular weight excluding hydrogens is 204 g/mol. The standard InChI is InChI=1S/C12H18N2O2/c1-9-10(13-7-15)5-4-6-12(2,3)11(9)14-8-16/h9-11H,4-6H2,1-3H3/t9?,10?,11-/m1/s1. The molecule has 0 amide bonds. The Morgan fingerprint density at radius 2 is 1.81 bits per heavy atom. The average Bonchev–Trinajstić information content (AvgIpc) is 2.31. The van der Waals surface area contributed by atoms with Crippen molar-refractivity contribution in [3.8, 4) is 0 Å². The Morgan fingerprint density at radius 3 is 2.38 bits per heavy atom. The van der Waals surface area contributed by atoms with Gasteiger partial charge in [-0.05, 0) is 18.3 Å². The molecule has 88 valence electrons. The van der Waals surface area contributed by atoms with Crippen LogP contribution in [0, 0.1) is 11.3 Å². The second-order valence-corrected chi connectivity index (χ2v) is 5.19. The molecule has 0 N–H and O–H groups in total. The van der Waals surface area contributed by atoms with Crippen molar-refractivity contribution in [2.75, 3.05) is 0 Å². The first kappa shape index (κ1) is 12.8. The summed E-state index contributed by atoms with van der Waals surface area (Å²) >= 11 is 0. The SMILES string of the molecule is CC1C(N=C=O)CCCC(C)(C)[C@@H]1N=C=O. The third-order valence-electron chi connectivity index (χ3n) is 3.64. The fraction of sp³-hybridized carbons (Fsp3) is 0.833. The quantitative estimate of drug-likeness (QED) is 0.408. The molecule has 0 saturated heterocycles.